The fourth-order valence-corrected chi connectivity index (χ4v) is 3.01. The van der Waals surface area contributed by atoms with Gasteiger partial charge in [0, 0.05) is 30.8 Å². The van der Waals surface area contributed by atoms with Crippen molar-refractivity contribution in [2.75, 3.05) is 20.2 Å². The van der Waals surface area contributed by atoms with Gasteiger partial charge in [-0.15, -0.1) is 0 Å². The molecule has 0 unspecified atom stereocenters. The van der Waals surface area contributed by atoms with Crippen molar-refractivity contribution in [1.29, 1.82) is 0 Å². The average molecular weight is 364 g/mol. The van der Waals surface area contributed by atoms with Crippen LogP contribution in [-0.4, -0.2) is 47.1 Å². The standard InChI is InChI=1S/C17H18F2N4O3/c1-26-14(24)4-6-20-17(25)23-7-5-13-15(22-9-21-13)16(23)11-8-10(18)2-3-12(11)19/h2-3,8-9,16H,4-7H2,1H3,(H,20,25)(H,21,22)/t16-/m1/s1. The number of nitrogens with zero attached hydrogens (tertiary/aromatic N) is 2. The van der Waals surface area contributed by atoms with Gasteiger partial charge in [0.2, 0.25) is 0 Å². The predicted molar refractivity (Wildman–Crippen MR) is 87.2 cm³/mol. The Bertz CT molecular complexity index is 824. The van der Waals surface area contributed by atoms with E-state index < -0.39 is 29.7 Å². The van der Waals surface area contributed by atoms with Crippen LogP contribution < -0.4 is 5.32 Å². The number of amides is 2. The molecule has 2 heterocycles. The number of methoxy groups -OCH3 is 1. The fraction of sp³-hybridized carbons (Fsp3) is 0.353. The number of hydrogen-bond acceptors (Lipinski definition) is 4. The largest absolute Gasteiger partial charge is 0.469 e. The number of esters is 1. The summed E-state index contributed by atoms with van der Waals surface area (Å²) >= 11 is 0. The first-order chi connectivity index (χ1) is 12.5. The van der Waals surface area contributed by atoms with Gasteiger partial charge in [0.25, 0.3) is 0 Å². The summed E-state index contributed by atoms with van der Waals surface area (Å²) in [7, 11) is 1.26. The highest BCUT2D eigenvalue weighted by atomic mass is 19.1. The maximum atomic E-state index is 14.4. The molecular weight excluding hydrogens is 346 g/mol. The quantitative estimate of drug-likeness (QED) is 0.812. The van der Waals surface area contributed by atoms with Crippen LogP contribution in [0.15, 0.2) is 24.5 Å². The molecule has 0 saturated carbocycles. The summed E-state index contributed by atoms with van der Waals surface area (Å²) in [6.45, 7) is 0.369. The van der Waals surface area contributed by atoms with E-state index in [-0.39, 0.29) is 18.5 Å². The number of ether oxygens (including phenoxy) is 1. The Labute approximate surface area is 148 Å². The van der Waals surface area contributed by atoms with E-state index in [0.29, 0.717) is 18.7 Å². The Morgan fingerprint density at radius 3 is 3.00 bits per heavy atom. The Morgan fingerprint density at radius 1 is 1.42 bits per heavy atom. The van der Waals surface area contributed by atoms with E-state index in [9.17, 15) is 18.4 Å². The number of carbonyl (C=O) groups is 2. The molecule has 0 bridgehead atoms. The topological polar surface area (TPSA) is 87.3 Å². The summed E-state index contributed by atoms with van der Waals surface area (Å²) in [5.41, 5.74) is 1.28. The highest BCUT2D eigenvalue weighted by Gasteiger charge is 2.35. The number of fused-ring (bicyclic) bond motifs is 1. The molecule has 2 amide bonds. The summed E-state index contributed by atoms with van der Waals surface area (Å²) in [6.07, 6.45) is 1.99. The number of imidazole rings is 1. The number of aromatic amines is 1. The molecule has 1 atom stereocenters. The first kappa shape index (κ1) is 17.8. The van der Waals surface area contributed by atoms with Crippen LogP contribution in [0.3, 0.4) is 0 Å². The molecule has 1 aliphatic rings. The highest BCUT2D eigenvalue weighted by Crippen LogP contribution is 2.34. The third-order valence-electron chi connectivity index (χ3n) is 4.27. The van der Waals surface area contributed by atoms with Gasteiger partial charge in [-0.2, -0.15) is 0 Å². The highest BCUT2D eigenvalue weighted by molar-refractivity contribution is 5.77. The van der Waals surface area contributed by atoms with E-state index in [0.717, 1.165) is 23.9 Å². The van der Waals surface area contributed by atoms with E-state index >= 15 is 0 Å². The number of H-pyrrole nitrogens is 1. The second-order valence-corrected chi connectivity index (χ2v) is 5.84. The number of aromatic nitrogens is 2. The van der Waals surface area contributed by atoms with Gasteiger partial charge >= 0.3 is 12.0 Å². The molecule has 0 radical (unpaired) electrons. The first-order valence-corrected chi connectivity index (χ1v) is 8.09. The van der Waals surface area contributed by atoms with Gasteiger partial charge in [0.15, 0.2) is 0 Å². The van der Waals surface area contributed by atoms with Crippen molar-refractivity contribution >= 4 is 12.0 Å². The van der Waals surface area contributed by atoms with Crippen LogP contribution in [0.1, 0.15) is 29.4 Å². The number of halogens is 2. The fourth-order valence-electron chi connectivity index (χ4n) is 3.01. The summed E-state index contributed by atoms with van der Waals surface area (Å²) in [6, 6.07) is 1.76. The lowest BCUT2D eigenvalue weighted by atomic mass is 9.95. The van der Waals surface area contributed by atoms with E-state index in [2.05, 4.69) is 20.0 Å². The minimum Gasteiger partial charge on any atom is -0.469 e. The number of rotatable bonds is 4. The molecule has 138 valence electrons. The normalized spacial score (nSPS) is 16.1. The number of carbonyl (C=O) groups excluding carboxylic acids is 2. The lowest BCUT2D eigenvalue weighted by Gasteiger charge is -2.35. The van der Waals surface area contributed by atoms with Crippen LogP contribution in [0.5, 0.6) is 0 Å². The van der Waals surface area contributed by atoms with Crippen LogP contribution in [0.25, 0.3) is 0 Å². The molecular formula is C17H18F2N4O3. The lowest BCUT2D eigenvalue weighted by molar-refractivity contribution is -0.140. The van der Waals surface area contributed by atoms with E-state index in [1.807, 2.05) is 0 Å². The number of urea groups is 1. The zero-order chi connectivity index (χ0) is 18.7. The van der Waals surface area contributed by atoms with E-state index in [1.54, 1.807) is 0 Å². The molecule has 0 fully saturated rings. The van der Waals surface area contributed by atoms with Crippen molar-refractivity contribution in [3.63, 3.8) is 0 Å². The van der Waals surface area contributed by atoms with Crippen molar-refractivity contribution in [2.24, 2.45) is 0 Å². The first-order valence-electron chi connectivity index (χ1n) is 8.09. The number of nitrogens with one attached hydrogen (secondary N) is 2. The molecule has 0 saturated heterocycles. The number of benzene rings is 1. The molecule has 2 N–H and O–H groups in total. The Hall–Kier alpha value is -2.97. The minimum absolute atomic E-state index is 0.0166. The van der Waals surface area contributed by atoms with Gasteiger partial charge in [-0.3, -0.25) is 4.79 Å². The summed E-state index contributed by atoms with van der Waals surface area (Å²) in [5.74, 6) is -1.68. The van der Waals surface area contributed by atoms with Crippen molar-refractivity contribution in [1.82, 2.24) is 20.2 Å². The minimum atomic E-state index is -0.862. The molecule has 3 rings (SSSR count). The monoisotopic (exact) mass is 364 g/mol. The molecule has 0 spiro atoms. The zero-order valence-corrected chi connectivity index (χ0v) is 14.1. The van der Waals surface area contributed by atoms with Crippen LogP contribution in [0.2, 0.25) is 0 Å². The molecule has 1 aromatic carbocycles. The average Bonchev–Trinajstić information content (AvgIpc) is 3.11. The van der Waals surface area contributed by atoms with E-state index in [4.69, 9.17) is 0 Å². The second kappa shape index (κ2) is 7.51. The summed E-state index contributed by atoms with van der Waals surface area (Å²) in [4.78, 5) is 32.3. The lowest BCUT2D eigenvalue weighted by Crippen LogP contribution is -2.46. The molecule has 7 nitrogen and oxygen atoms in total. The summed E-state index contributed by atoms with van der Waals surface area (Å²) < 4.78 is 32.6. The van der Waals surface area contributed by atoms with Crippen LogP contribution in [0.4, 0.5) is 13.6 Å². The SMILES string of the molecule is COC(=O)CCNC(=O)N1CCc2[nH]cnc2[C@H]1c1cc(F)ccc1F. The van der Waals surface area contributed by atoms with Crippen molar-refractivity contribution < 1.29 is 23.1 Å². The predicted octanol–water partition coefficient (Wildman–Crippen LogP) is 1.91. The van der Waals surface area contributed by atoms with Gasteiger partial charge < -0.3 is 19.9 Å². The Kier molecular flexibility index (Phi) is 5.15. The van der Waals surface area contributed by atoms with Gasteiger partial charge in [-0.25, -0.2) is 18.6 Å². The maximum Gasteiger partial charge on any atom is 0.318 e. The van der Waals surface area contributed by atoms with Crippen molar-refractivity contribution in [3.8, 4) is 0 Å². The number of hydrogen-bond donors (Lipinski definition) is 2. The van der Waals surface area contributed by atoms with Crippen LogP contribution in [-0.2, 0) is 16.0 Å². The molecule has 2 aromatic rings. The van der Waals surface area contributed by atoms with Gasteiger partial charge in [0.1, 0.15) is 17.7 Å². The van der Waals surface area contributed by atoms with Gasteiger partial charge in [-0.1, -0.05) is 0 Å². The second-order valence-electron chi connectivity index (χ2n) is 5.84. The van der Waals surface area contributed by atoms with Gasteiger partial charge in [0.05, 0.1) is 25.6 Å². The molecule has 1 aromatic heterocycles. The summed E-state index contributed by atoms with van der Waals surface area (Å²) in [5, 5.41) is 2.61. The Balaban J connectivity index is 1.88. The molecule has 26 heavy (non-hydrogen) atoms. The molecule has 0 aliphatic carbocycles. The maximum absolute atomic E-state index is 14.4. The molecule has 1 aliphatic heterocycles. The third kappa shape index (κ3) is 3.51. The Morgan fingerprint density at radius 2 is 2.23 bits per heavy atom. The van der Waals surface area contributed by atoms with Crippen molar-refractivity contribution in [2.45, 2.75) is 18.9 Å². The zero-order valence-electron chi connectivity index (χ0n) is 14.1. The van der Waals surface area contributed by atoms with Crippen LogP contribution in [0, 0.1) is 11.6 Å². The van der Waals surface area contributed by atoms with Gasteiger partial charge in [-0.05, 0) is 18.2 Å². The third-order valence-corrected chi connectivity index (χ3v) is 4.27. The van der Waals surface area contributed by atoms with Crippen LogP contribution >= 0.6 is 0 Å². The molecule has 9 heteroatoms. The smallest absolute Gasteiger partial charge is 0.318 e. The van der Waals surface area contributed by atoms with Crippen molar-refractivity contribution in [3.05, 3.63) is 53.1 Å². The van der Waals surface area contributed by atoms with E-state index in [1.165, 1.54) is 18.3 Å².